The molecule has 1 amide bonds. The summed E-state index contributed by atoms with van der Waals surface area (Å²) in [5.41, 5.74) is 5.63. The number of amides is 1. The number of nitro benzene ring substituents is 1. The average molecular weight is 285 g/mol. The Balaban J connectivity index is 2.73. The van der Waals surface area contributed by atoms with Gasteiger partial charge >= 0.3 is 0 Å². The Morgan fingerprint density at radius 2 is 2.21 bits per heavy atom. The van der Waals surface area contributed by atoms with E-state index in [1.807, 2.05) is 0 Å². The van der Waals surface area contributed by atoms with Gasteiger partial charge in [-0.05, 0) is 6.07 Å². The lowest BCUT2D eigenvalue weighted by atomic mass is 10.1. The lowest BCUT2D eigenvalue weighted by Gasteiger charge is -2.07. The van der Waals surface area contributed by atoms with Crippen molar-refractivity contribution in [3.63, 3.8) is 0 Å². The number of non-ortho nitro benzene ring substituents is 1. The van der Waals surface area contributed by atoms with Gasteiger partial charge in [0.05, 0.1) is 10.5 Å². The van der Waals surface area contributed by atoms with Crippen LogP contribution in [0, 0.1) is 10.1 Å². The first kappa shape index (κ1) is 15.1. The lowest BCUT2D eigenvalue weighted by Crippen LogP contribution is -2.28. The normalized spacial score (nSPS) is 11.8. The molecule has 8 heteroatoms. The Kier molecular flexibility index (Phi) is 5.43. The summed E-state index contributed by atoms with van der Waals surface area (Å²) in [7, 11) is -0.971. The number of rotatable bonds is 6. The number of benzene rings is 1. The molecule has 0 radical (unpaired) electrons. The SMILES string of the molecule is CCS(=O)CCNC(=O)c1cc([N+](=O)[O-])ccc1N. The summed E-state index contributed by atoms with van der Waals surface area (Å²) in [4.78, 5) is 21.8. The third kappa shape index (κ3) is 4.32. The van der Waals surface area contributed by atoms with Crippen LogP contribution >= 0.6 is 0 Å². The number of anilines is 1. The number of carbonyl (C=O) groups excluding carboxylic acids is 1. The molecule has 0 spiro atoms. The second-order valence-electron chi connectivity index (χ2n) is 3.72. The standard InChI is InChI=1S/C11H15N3O4S/c1-2-19(18)6-5-13-11(15)9-7-8(14(16)17)3-4-10(9)12/h3-4,7H,2,5-6,12H2,1H3,(H,13,15). The van der Waals surface area contributed by atoms with Crippen molar-refractivity contribution in [2.75, 3.05) is 23.8 Å². The molecule has 1 atom stereocenters. The molecule has 1 rings (SSSR count). The first-order chi connectivity index (χ1) is 8.95. The maximum Gasteiger partial charge on any atom is 0.270 e. The van der Waals surface area contributed by atoms with Gasteiger partial charge in [0.25, 0.3) is 11.6 Å². The minimum atomic E-state index is -0.971. The molecule has 0 saturated carbocycles. The third-order valence-corrected chi connectivity index (χ3v) is 3.73. The summed E-state index contributed by atoms with van der Waals surface area (Å²) >= 11 is 0. The van der Waals surface area contributed by atoms with Crippen molar-refractivity contribution in [2.45, 2.75) is 6.92 Å². The van der Waals surface area contributed by atoms with E-state index in [4.69, 9.17) is 5.73 Å². The maximum absolute atomic E-state index is 11.8. The van der Waals surface area contributed by atoms with Crippen LogP contribution in [0.3, 0.4) is 0 Å². The van der Waals surface area contributed by atoms with E-state index in [2.05, 4.69) is 5.32 Å². The Morgan fingerprint density at radius 3 is 2.79 bits per heavy atom. The van der Waals surface area contributed by atoms with Gasteiger partial charge in [0, 0.05) is 46.7 Å². The molecule has 7 nitrogen and oxygen atoms in total. The fourth-order valence-corrected chi connectivity index (χ4v) is 1.99. The number of hydrogen-bond donors (Lipinski definition) is 2. The molecule has 0 bridgehead atoms. The van der Waals surface area contributed by atoms with Gasteiger partial charge in [-0.2, -0.15) is 0 Å². The number of nitrogens with two attached hydrogens (primary N) is 1. The predicted molar refractivity (Wildman–Crippen MR) is 73.4 cm³/mol. The van der Waals surface area contributed by atoms with Crippen LogP contribution in [0.25, 0.3) is 0 Å². The van der Waals surface area contributed by atoms with Crippen LogP contribution in [0.5, 0.6) is 0 Å². The van der Waals surface area contributed by atoms with Gasteiger partial charge in [-0.25, -0.2) is 0 Å². The number of nitrogen functional groups attached to an aromatic ring is 1. The highest BCUT2D eigenvalue weighted by molar-refractivity contribution is 7.84. The largest absolute Gasteiger partial charge is 0.398 e. The van der Waals surface area contributed by atoms with Crippen molar-refractivity contribution in [3.05, 3.63) is 33.9 Å². The zero-order valence-corrected chi connectivity index (χ0v) is 11.2. The summed E-state index contributed by atoms with van der Waals surface area (Å²) in [6, 6.07) is 3.68. The second kappa shape index (κ2) is 6.83. The molecule has 0 fully saturated rings. The van der Waals surface area contributed by atoms with E-state index in [9.17, 15) is 19.1 Å². The summed E-state index contributed by atoms with van der Waals surface area (Å²) < 4.78 is 11.2. The van der Waals surface area contributed by atoms with E-state index in [0.717, 1.165) is 6.07 Å². The molecule has 1 unspecified atom stereocenters. The van der Waals surface area contributed by atoms with Crippen LogP contribution in [-0.4, -0.2) is 33.1 Å². The molecule has 1 aromatic rings. The molecular weight excluding hydrogens is 270 g/mol. The van der Waals surface area contributed by atoms with E-state index in [1.165, 1.54) is 12.1 Å². The van der Waals surface area contributed by atoms with Crippen molar-refractivity contribution in [1.82, 2.24) is 5.32 Å². The van der Waals surface area contributed by atoms with Crippen molar-refractivity contribution >= 4 is 28.1 Å². The Bertz CT molecular complexity index is 519. The van der Waals surface area contributed by atoms with Crippen molar-refractivity contribution < 1.29 is 13.9 Å². The molecule has 19 heavy (non-hydrogen) atoms. The van der Waals surface area contributed by atoms with Crippen molar-refractivity contribution in [3.8, 4) is 0 Å². The predicted octanol–water partition coefficient (Wildman–Crippen LogP) is 0.675. The molecule has 0 aliphatic rings. The summed E-state index contributed by atoms with van der Waals surface area (Å²) in [6.45, 7) is 2.03. The quantitative estimate of drug-likeness (QED) is 0.453. The van der Waals surface area contributed by atoms with E-state index in [1.54, 1.807) is 6.92 Å². The maximum atomic E-state index is 11.8. The highest BCUT2D eigenvalue weighted by Crippen LogP contribution is 2.19. The fourth-order valence-electron chi connectivity index (χ4n) is 1.37. The molecule has 3 N–H and O–H groups in total. The van der Waals surface area contributed by atoms with Crippen LogP contribution in [0.4, 0.5) is 11.4 Å². The van der Waals surface area contributed by atoms with Crippen LogP contribution < -0.4 is 11.1 Å². The number of hydrogen-bond acceptors (Lipinski definition) is 5. The molecule has 104 valence electrons. The molecular formula is C11H15N3O4S. The Hall–Kier alpha value is -1.96. The van der Waals surface area contributed by atoms with Gasteiger partial charge in [0.15, 0.2) is 0 Å². The van der Waals surface area contributed by atoms with Gasteiger partial charge in [0.1, 0.15) is 0 Å². The van der Waals surface area contributed by atoms with E-state index in [0.29, 0.717) is 11.5 Å². The molecule has 0 aliphatic heterocycles. The minimum absolute atomic E-state index is 0.0523. The minimum Gasteiger partial charge on any atom is -0.398 e. The molecule has 0 aromatic heterocycles. The third-order valence-electron chi connectivity index (χ3n) is 2.43. The Labute approximate surface area is 112 Å². The van der Waals surface area contributed by atoms with Crippen LogP contribution in [0.15, 0.2) is 18.2 Å². The smallest absolute Gasteiger partial charge is 0.270 e. The number of nitrogens with zero attached hydrogens (tertiary/aromatic N) is 1. The van der Waals surface area contributed by atoms with Gasteiger partial charge in [-0.15, -0.1) is 0 Å². The fraction of sp³-hybridized carbons (Fsp3) is 0.364. The average Bonchev–Trinajstić information content (AvgIpc) is 2.38. The summed E-state index contributed by atoms with van der Waals surface area (Å²) in [5.74, 6) is 0.362. The molecule has 0 heterocycles. The highest BCUT2D eigenvalue weighted by Gasteiger charge is 2.15. The van der Waals surface area contributed by atoms with Gasteiger partial charge in [-0.3, -0.25) is 19.1 Å². The number of carbonyl (C=O) groups is 1. The number of nitrogens with one attached hydrogen (secondary N) is 1. The lowest BCUT2D eigenvalue weighted by molar-refractivity contribution is -0.384. The molecule has 0 saturated heterocycles. The second-order valence-corrected chi connectivity index (χ2v) is 5.58. The van der Waals surface area contributed by atoms with Crippen molar-refractivity contribution in [2.24, 2.45) is 0 Å². The van der Waals surface area contributed by atoms with Crippen LogP contribution in [0.2, 0.25) is 0 Å². The van der Waals surface area contributed by atoms with Gasteiger partial charge in [0.2, 0.25) is 0 Å². The first-order valence-corrected chi connectivity index (χ1v) is 7.11. The van der Waals surface area contributed by atoms with Crippen molar-refractivity contribution in [1.29, 1.82) is 0 Å². The van der Waals surface area contributed by atoms with Gasteiger partial charge in [-0.1, -0.05) is 6.92 Å². The molecule has 1 aromatic carbocycles. The zero-order valence-electron chi connectivity index (χ0n) is 10.4. The van der Waals surface area contributed by atoms with E-state index < -0.39 is 21.6 Å². The van der Waals surface area contributed by atoms with Crippen LogP contribution in [0.1, 0.15) is 17.3 Å². The first-order valence-electron chi connectivity index (χ1n) is 5.62. The zero-order chi connectivity index (χ0) is 14.4. The summed E-state index contributed by atoms with van der Waals surface area (Å²) in [5, 5.41) is 13.2. The molecule has 0 aliphatic carbocycles. The van der Waals surface area contributed by atoms with Gasteiger partial charge < -0.3 is 11.1 Å². The highest BCUT2D eigenvalue weighted by atomic mass is 32.2. The topological polar surface area (TPSA) is 115 Å². The van der Waals surface area contributed by atoms with E-state index >= 15 is 0 Å². The Morgan fingerprint density at radius 1 is 1.53 bits per heavy atom. The van der Waals surface area contributed by atoms with Crippen LogP contribution in [-0.2, 0) is 10.8 Å². The number of nitro groups is 1. The van der Waals surface area contributed by atoms with E-state index in [-0.39, 0.29) is 23.5 Å². The summed E-state index contributed by atoms with van der Waals surface area (Å²) in [6.07, 6.45) is 0. The monoisotopic (exact) mass is 285 g/mol.